The first-order valence-electron chi connectivity index (χ1n) is 3.68. The number of rotatable bonds is 1. The molecule has 0 saturated carbocycles. The van der Waals surface area contributed by atoms with E-state index < -0.39 is 0 Å². The maximum absolute atomic E-state index is 10.6. The first-order valence-corrected chi connectivity index (χ1v) is 3.68. The highest BCUT2D eigenvalue weighted by molar-refractivity contribution is 5.87. The molecule has 1 aromatic rings. The molecule has 0 atom stereocenters. The summed E-state index contributed by atoms with van der Waals surface area (Å²) in [6, 6.07) is 7.64. The minimum atomic E-state index is 0.788. The first kappa shape index (κ1) is 6.91. The Hall–Kier alpha value is -1.77. The molecule has 1 heterocycles. The van der Waals surface area contributed by atoms with Crippen molar-refractivity contribution < 1.29 is 4.79 Å². The van der Waals surface area contributed by atoms with Gasteiger partial charge in [-0.2, -0.15) is 0 Å². The second-order valence-corrected chi connectivity index (χ2v) is 2.49. The fourth-order valence-corrected chi connectivity index (χ4v) is 1.20. The SMILES string of the molecule is O=CN1C=CNc2ccccc21. The lowest BCUT2D eigenvalue weighted by atomic mass is 10.2. The molecule has 3 heteroatoms. The number of carbonyl (C=O) groups is 1. The van der Waals surface area contributed by atoms with Gasteiger partial charge in [0.25, 0.3) is 0 Å². The first-order chi connectivity index (χ1) is 5.92. The molecule has 1 aliphatic rings. The Morgan fingerprint density at radius 3 is 3.00 bits per heavy atom. The van der Waals surface area contributed by atoms with E-state index in [1.807, 2.05) is 24.3 Å². The van der Waals surface area contributed by atoms with Crippen LogP contribution in [0.25, 0.3) is 0 Å². The molecule has 0 aromatic heterocycles. The summed E-state index contributed by atoms with van der Waals surface area (Å²) >= 11 is 0. The average molecular weight is 160 g/mol. The Labute approximate surface area is 70.3 Å². The van der Waals surface area contributed by atoms with E-state index in [0.29, 0.717) is 0 Å². The Balaban J connectivity index is 2.49. The Bertz CT molecular complexity index is 333. The van der Waals surface area contributed by atoms with Crippen molar-refractivity contribution in [3.63, 3.8) is 0 Å². The minimum Gasteiger partial charge on any atom is -0.359 e. The molecule has 2 rings (SSSR count). The number of anilines is 2. The number of amides is 1. The third kappa shape index (κ3) is 0.955. The highest BCUT2D eigenvalue weighted by atomic mass is 16.1. The van der Waals surface area contributed by atoms with Crippen LogP contribution in [0.15, 0.2) is 36.7 Å². The fourth-order valence-electron chi connectivity index (χ4n) is 1.20. The van der Waals surface area contributed by atoms with E-state index in [4.69, 9.17) is 0 Å². The van der Waals surface area contributed by atoms with E-state index in [-0.39, 0.29) is 0 Å². The van der Waals surface area contributed by atoms with E-state index >= 15 is 0 Å². The molecule has 1 N–H and O–H groups in total. The monoisotopic (exact) mass is 160 g/mol. The molecule has 0 radical (unpaired) electrons. The molecular weight excluding hydrogens is 152 g/mol. The van der Waals surface area contributed by atoms with Gasteiger partial charge in [0, 0.05) is 12.4 Å². The zero-order valence-corrected chi connectivity index (χ0v) is 6.40. The Morgan fingerprint density at radius 2 is 2.17 bits per heavy atom. The van der Waals surface area contributed by atoms with Crippen LogP contribution in [-0.4, -0.2) is 6.41 Å². The van der Waals surface area contributed by atoms with Crippen LogP contribution in [0.1, 0.15) is 0 Å². The van der Waals surface area contributed by atoms with Crippen LogP contribution in [0.4, 0.5) is 11.4 Å². The highest BCUT2D eigenvalue weighted by Crippen LogP contribution is 2.27. The molecule has 3 nitrogen and oxygen atoms in total. The van der Waals surface area contributed by atoms with Gasteiger partial charge in [-0.05, 0) is 12.1 Å². The summed E-state index contributed by atoms with van der Waals surface area (Å²) in [5, 5.41) is 3.05. The van der Waals surface area contributed by atoms with Crippen LogP contribution in [0.3, 0.4) is 0 Å². The molecule has 0 fully saturated rings. The van der Waals surface area contributed by atoms with Crippen molar-refractivity contribution in [2.45, 2.75) is 0 Å². The van der Waals surface area contributed by atoms with E-state index in [2.05, 4.69) is 5.32 Å². The second-order valence-electron chi connectivity index (χ2n) is 2.49. The van der Waals surface area contributed by atoms with Crippen molar-refractivity contribution in [2.75, 3.05) is 10.2 Å². The molecule has 0 aliphatic carbocycles. The van der Waals surface area contributed by atoms with Gasteiger partial charge in [-0.15, -0.1) is 0 Å². The van der Waals surface area contributed by atoms with Gasteiger partial charge in [-0.1, -0.05) is 12.1 Å². The fraction of sp³-hybridized carbons (Fsp3) is 0. The van der Waals surface area contributed by atoms with E-state index in [0.717, 1.165) is 17.8 Å². The zero-order valence-electron chi connectivity index (χ0n) is 6.40. The molecule has 0 spiro atoms. The second kappa shape index (κ2) is 2.70. The summed E-state index contributed by atoms with van der Waals surface area (Å²) in [4.78, 5) is 12.1. The maximum Gasteiger partial charge on any atom is 0.218 e. The van der Waals surface area contributed by atoms with E-state index in [1.165, 1.54) is 4.90 Å². The quantitative estimate of drug-likeness (QED) is 0.632. The van der Waals surface area contributed by atoms with Gasteiger partial charge in [-0.3, -0.25) is 9.69 Å². The number of hydrogen-bond donors (Lipinski definition) is 1. The molecule has 60 valence electrons. The van der Waals surface area contributed by atoms with Crippen LogP contribution in [0.2, 0.25) is 0 Å². The Morgan fingerprint density at radius 1 is 1.33 bits per heavy atom. The number of nitrogens with one attached hydrogen (secondary N) is 1. The molecule has 1 aliphatic heterocycles. The number of benzene rings is 1. The number of nitrogens with zero attached hydrogens (tertiary/aromatic N) is 1. The molecule has 0 bridgehead atoms. The van der Waals surface area contributed by atoms with Gasteiger partial charge < -0.3 is 5.32 Å². The van der Waals surface area contributed by atoms with Crippen molar-refractivity contribution in [1.29, 1.82) is 0 Å². The van der Waals surface area contributed by atoms with E-state index in [1.54, 1.807) is 12.4 Å². The predicted molar refractivity (Wildman–Crippen MR) is 47.7 cm³/mol. The van der Waals surface area contributed by atoms with E-state index in [9.17, 15) is 4.79 Å². The minimum absolute atomic E-state index is 0.788. The summed E-state index contributed by atoms with van der Waals surface area (Å²) in [6.07, 6.45) is 4.21. The largest absolute Gasteiger partial charge is 0.359 e. The van der Waals surface area contributed by atoms with Crippen molar-refractivity contribution in [1.82, 2.24) is 0 Å². The van der Waals surface area contributed by atoms with Gasteiger partial charge in [0.2, 0.25) is 6.41 Å². The van der Waals surface area contributed by atoms with Crippen molar-refractivity contribution in [2.24, 2.45) is 0 Å². The highest BCUT2D eigenvalue weighted by Gasteiger charge is 2.09. The average Bonchev–Trinajstić information content (AvgIpc) is 2.17. The summed E-state index contributed by atoms with van der Waals surface area (Å²) in [5.74, 6) is 0. The lowest BCUT2D eigenvalue weighted by molar-refractivity contribution is -0.106. The standard InChI is InChI=1S/C9H8N2O/c12-7-11-6-5-10-8-3-1-2-4-9(8)11/h1-7,10H. The summed E-state index contributed by atoms with van der Waals surface area (Å²) < 4.78 is 0. The zero-order chi connectivity index (χ0) is 8.39. The van der Waals surface area contributed by atoms with Crippen molar-refractivity contribution >= 4 is 17.8 Å². The lowest BCUT2D eigenvalue weighted by Crippen LogP contribution is -2.18. The number of fused-ring (bicyclic) bond motifs is 1. The maximum atomic E-state index is 10.6. The third-order valence-corrected chi connectivity index (χ3v) is 1.77. The van der Waals surface area contributed by atoms with Crippen molar-refractivity contribution in [3.8, 4) is 0 Å². The van der Waals surface area contributed by atoms with Crippen LogP contribution < -0.4 is 10.2 Å². The molecular formula is C9H8N2O. The molecule has 1 aromatic carbocycles. The van der Waals surface area contributed by atoms with Crippen LogP contribution in [0.5, 0.6) is 0 Å². The van der Waals surface area contributed by atoms with Gasteiger partial charge in [-0.25, -0.2) is 0 Å². The van der Waals surface area contributed by atoms with Crippen LogP contribution in [0, 0.1) is 0 Å². The summed E-state index contributed by atoms with van der Waals surface area (Å²) in [5.41, 5.74) is 1.84. The molecule has 0 saturated heterocycles. The lowest BCUT2D eigenvalue weighted by Gasteiger charge is -2.20. The summed E-state index contributed by atoms with van der Waals surface area (Å²) in [7, 11) is 0. The molecule has 0 unspecified atom stereocenters. The van der Waals surface area contributed by atoms with Crippen LogP contribution >= 0.6 is 0 Å². The molecule has 1 amide bonds. The summed E-state index contributed by atoms with van der Waals surface area (Å²) in [6.45, 7) is 0. The normalized spacial score (nSPS) is 13.5. The van der Waals surface area contributed by atoms with Gasteiger partial charge in [0.15, 0.2) is 0 Å². The number of carbonyl (C=O) groups excluding carboxylic acids is 1. The number of hydrogen-bond acceptors (Lipinski definition) is 2. The van der Waals surface area contributed by atoms with Gasteiger partial charge in [0.1, 0.15) is 0 Å². The Kier molecular flexibility index (Phi) is 1.55. The molecule has 12 heavy (non-hydrogen) atoms. The topological polar surface area (TPSA) is 32.3 Å². The van der Waals surface area contributed by atoms with Gasteiger partial charge in [0.05, 0.1) is 11.4 Å². The third-order valence-electron chi connectivity index (χ3n) is 1.77. The smallest absolute Gasteiger partial charge is 0.218 e. The predicted octanol–water partition coefficient (Wildman–Crippen LogP) is 1.55. The van der Waals surface area contributed by atoms with Crippen LogP contribution in [-0.2, 0) is 4.79 Å². The van der Waals surface area contributed by atoms with Crippen molar-refractivity contribution in [3.05, 3.63) is 36.7 Å². The number of para-hydroxylation sites is 2. The van der Waals surface area contributed by atoms with Gasteiger partial charge >= 0.3 is 0 Å².